The third kappa shape index (κ3) is 4.67. The van der Waals surface area contributed by atoms with Crippen LogP contribution in [0.15, 0.2) is 36.4 Å². The molecule has 124 valence electrons. The Bertz CT molecular complexity index is 688. The zero-order chi connectivity index (χ0) is 17.0. The van der Waals surface area contributed by atoms with Crippen LogP contribution in [0.2, 0.25) is 5.02 Å². The Hall–Kier alpha value is -1.63. The van der Waals surface area contributed by atoms with Crippen LogP contribution in [0.3, 0.4) is 0 Å². The molecule has 7 heteroatoms. The molecule has 2 aromatic carbocycles. The number of alkyl halides is 3. The van der Waals surface area contributed by atoms with Gasteiger partial charge in [-0.3, -0.25) is 0 Å². The van der Waals surface area contributed by atoms with Gasteiger partial charge < -0.3 is 10.4 Å². The molecule has 0 aliphatic rings. The van der Waals surface area contributed by atoms with Crippen molar-refractivity contribution >= 4 is 11.6 Å². The fraction of sp³-hybridized carbons (Fsp3) is 0.250. The van der Waals surface area contributed by atoms with Crippen molar-refractivity contribution in [3.05, 3.63) is 69.5 Å². The van der Waals surface area contributed by atoms with Crippen LogP contribution in [0.5, 0.6) is 0 Å². The van der Waals surface area contributed by atoms with E-state index in [1.165, 1.54) is 24.3 Å². The molecule has 0 fully saturated rings. The van der Waals surface area contributed by atoms with E-state index < -0.39 is 24.2 Å². The molecule has 0 aliphatic carbocycles. The lowest BCUT2D eigenvalue weighted by molar-refractivity contribution is -0.137. The lowest BCUT2D eigenvalue weighted by atomic mass is 10.1. The van der Waals surface area contributed by atoms with Crippen molar-refractivity contribution < 1.29 is 22.7 Å². The number of halogens is 5. The van der Waals surface area contributed by atoms with Crippen LogP contribution in [-0.2, 0) is 25.9 Å². The first kappa shape index (κ1) is 17.7. The maximum Gasteiger partial charge on any atom is 0.416 e. The summed E-state index contributed by atoms with van der Waals surface area (Å²) in [5.74, 6) is -0.503. The predicted octanol–water partition coefficient (Wildman–Crippen LogP) is 4.28. The van der Waals surface area contributed by atoms with Gasteiger partial charge in [-0.1, -0.05) is 17.7 Å². The maximum absolute atomic E-state index is 13.3. The molecule has 0 amide bonds. The first-order valence-corrected chi connectivity index (χ1v) is 7.13. The number of hydrogen-bond donors (Lipinski definition) is 2. The SMILES string of the molecule is OCc1cc(CNCc2cc(C(F)(F)F)ccc2Cl)ccc1F. The Balaban J connectivity index is 2.04. The average molecular weight is 348 g/mol. The number of aliphatic hydroxyl groups is 1. The largest absolute Gasteiger partial charge is 0.416 e. The second kappa shape index (κ2) is 7.29. The number of nitrogens with one attached hydrogen (secondary N) is 1. The highest BCUT2D eigenvalue weighted by atomic mass is 35.5. The maximum atomic E-state index is 13.3. The lowest BCUT2D eigenvalue weighted by Gasteiger charge is -2.12. The van der Waals surface area contributed by atoms with Crippen LogP contribution in [0, 0.1) is 5.82 Å². The van der Waals surface area contributed by atoms with Gasteiger partial charge >= 0.3 is 6.18 Å². The number of aliphatic hydroxyl groups excluding tert-OH is 1. The van der Waals surface area contributed by atoms with E-state index in [0.717, 1.165) is 12.1 Å². The fourth-order valence-corrected chi connectivity index (χ4v) is 2.27. The Kier molecular flexibility index (Phi) is 5.62. The fourth-order valence-electron chi connectivity index (χ4n) is 2.09. The molecule has 0 saturated heterocycles. The van der Waals surface area contributed by atoms with Gasteiger partial charge in [0.15, 0.2) is 0 Å². The van der Waals surface area contributed by atoms with Crippen molar-refractivity contribution in [2.75, 3.05) is 0 Å². The van der Waals surface area contributed by atoms with E-state index >= 15 is 0 Å². The highest BCUT2D eigenvalue weighted by Gasteiger charge is 2.30. The molecule has 0 spiro atoms. The molecule has 0 radical (unpaired) electrons. The molecule has 0 aliphatic heterocycles. The molecule has 0 saturated carbocycles. The first-order chi connectivity index (χ1) is 10.8. The molecule has 2 rings (SSSR count). The Morgan fingerprint density at radius 3 is 2.39 bits per heavy atom. The minimum Gasteiger partial charge on any atom is -0.392 e. The van der Waals surface area contributed by atoms with Crippen LogP contribution in [0.25, 0.3) is 0 Å². The smallest absolute Gasteiger partial charge is 0.392 e. The van der Waals surface area contributed by atoms with Gasteiger partial charge in [0.1, 0.15) is 5.82 Å². The number of hydrogen-bond acceptors (Lipinski definition) is 2. The molecule has 2 aromatic rings. The standard InChI is InChI=1S/C16H14ClF4NO/c17-14-3-2-13(16(19,20)21)6-11(14)8-22-7-10-1-4-15(18)12(5-10)9-23/h1-6,22-23H,7-9H2. The zero-order valence-corrected chi connectivity index (χ0v) is 12.7. The molecule has 0 unspecified atom stereocenters. The quantitative estimate of drug-likeness (QED) is 0.791. The van der Waals surface area contributed by atoms with Crippen LogP contribution in [0.1, 0.15) is 22.3 Å². The van der Waals surface area contributed by atoms with Crippen molar-refractivity contribution in [1.82, 2.24) is 5.32 Å². The van der Waals surface area contributed by atoms with Gasteiger partial charge in [-0.25, -0.2) is 4.39 Å². The molecular formula is C16H14ClF4NO. The third-order valence-electron chi connectivity index (χ3n) is 3.30. The summed E-state index contributed by atoms with van der Waals surface area (Å²) in [6, 6.07) is 7.41. The molecule has 23 heavy (non-hydrogen) atoms. The first-order valence-electron chi connectivity index (χ1n) is 6.75. The van der Waals surface area contributed by atoms with Crippen molar-refractivity contribution in [1.29, 1.82) is 0 Å². The van der Waals surface area contributed by atoms with E-state index in [0.29, 0.717) is 17.7 Å². The average Bonchev–Trinajstić information content (AvgIpc) is 2.49. The van der Waals surface area contributed by atoms with E-state index in [-0.39, 0.29) is 17.1 Å². The second-order valence-corrected chi connectivity index (χ2v) is 5.40. The monoisotopic (exact) mass is 347 g/mol. The summed E-state index contributed by atoms with van der Waals surface area (Å²) in [6.45, 7) is 0.0214. The highest BCUT2D eigenvalue weighted by Crippen LogP contribution is 2.31. The Labute approximate surface area is 135 Å². The molecule has 0 atom stereocenters. The van der Waals surface area contributed by atoms with Crippen molar-refractivity contribution in [2.45, 2.75) is 25.9 Å². The summed E-state index contributed by atoms with van der Waals surface area (Å²) in [5, 5.41) is 12.2. The number of rotatable bonds is 5. The van der Waals surface area contributed by atoms with Crippen LogP contribution in [-0.4, -0.2) is 5.11 Å². The molecule has 2 nitrogen and oxygen atoms in total. The van der Waals surface area contributed by atoms with Crippen LogP contribution >= 0.6 is 11.6 Å². The van der Waals surface area contributed by atoms with Crippen LogP contribution in [0.4, 0.5) is 17.6 Å². The van der Waals surface area contributed by atoms with Crippen LogP contribution < -0.4 is 5.32 Å². The van der Waals surface area contributed by atoms with Crippen molar-refractivity contribution in [3.63, 3.8) is 0 Å². The van der Waals surface area contributed by atoms with Gasteiger partial charge in [-0.05, 0) is 41.5 Å². The minimum absolute atomic E-state index is 0.134. The normalized spacial score (nSPS) is 11.7. The Morgan fingerprint density at radius 1 is 1.00 bits per heavy atom. The number of benzene rings is 2. The second-order valence-electron chi connectivity index (χ2n) is 4.99. The zero-order valence-electron chi connectivity index (χ0n) is 11.9. The van der Waals surface area contributed by atoms with Gasteiger partial charge in [-0.2, -0.15) is 13.2 Å². The molecule has 0 bridgehead atoms. The van der Waals surface area contributed by atoms with Gasteiger partial charge in [0.2, 0.25) is 0 Å². The molecule has 0 aromatic heterocycles. The van der Waals surface area contributed by atoms with Crippen molar-refractivity contribution in [3.8, 4) is 0 Å². The van der Waals surface area contributed by atoms with E-state index in [2.05, 4.69) is 5.32 Å². The summed E-state index contributed by atoms with van der Waals surface area (Å²) < 4.78 is 51.3. The topological polar surface area (TPSA) is 32.3 Å². The van der Waals surface area contributed by atoms with E-state index in [1.807, 2.05) is 0 Å². The predicted molar refractivity (Wildman–Crippen MR) is 79.3 cm³/mol. The summed E-state index contributed by atoms with van der Waals surface area (Å²) in [5.41, 5.74) is 0.439. The summed E-state index contributed by atoms with van der Waals surface area (Å²) in [7, 11) is 0. The van der Waals surface area contributed by atoms with E-state index in [1.54, 1.807) is 0 Å². The van der Waals surface area contributed by atoms with Gasteiger partial charge in [-0.15, -0.1) is 0 Å². The van der Waals surface area contributed by atoms with E-state index in [9.17, 15) is 17.6 Å². The highest BCUT2D eigenvalue weighted by molar-refractivity contribution is 6.31. The molecular weight excluding hydrogens is 334 g/mol. The van der Waals surface area contributed by atoms with E-state index in [4.69, 9.17) is 16.7 Å². The van der Waals surface area contributed by atoms with Gasteiger partial charge in [0.05, 0.1) is 12.2 Å². The summed E-state index contributed by atoms with van der Waals surface area (Å²) in [6.07, 6.45) is -4.42. The minimum atomic E-state index is -4.42. The lowest BCUT2D eigenvalue weighted by Crippen LogP contribution is -2.14. The van der Waals surface area contributed by atoms with Crippen molar-refractivity contribution in [2.24, 2.45) is 0 Å². The third-order valence-corrected chi connectivity index (χ3v) is 3.67. The molecule has 2 N–H and O–H groups in total. The summed E-state index contributed by atoms with van der Waals surface area (Å²) in [4.78, 5) is 0. The van der Waals surface area contributed by atoms with Gasteiger partial charge in [0, 0.05) is 23.7 Å². The van der Waals surface area contributed by atoms with Gasteiger partial charge in [0.25, 0.3) is 0 Å². The molecule has 0 heterocycles. The Morgan fingerprint density at radius 2 is 1.74 bits per heavy atom. The summed E-state index contributed by atoms with van der Waals surface area (Å²) >= 11 is 5.91.